The molecule has 2 amide bonds. The van der Waals surface area contributed by atoms with Crippen LogP contribution >= 0.6 is 0 Å². The van der Waals surface area contributed by atoms with Gasteiger partial charge in [0.1, 0.15) is 17.7 Å². The molecule has 1 aromatic carbocycles. The summed E-state index contributed by atoms with van der Waals surface area (Å²) in [6.07, 6.45) is -0.574. The zero-order valence-corrected chi connectivity index (χ0v) is 10.8. The minimum atomic E-state index is -1.25. The highest BCUT2D eigenvalue weighted by Crippen LogP contribution is 2.16. The molecule has 1 saturated heterocycles. The summed E-state index contributed by atoms with van der Waals surface area (Å²) in [5.74, 6) is -4.48. The summed E-state index contributed by atoms with van der Waals surface area (Å²) in [6, 6.07) is 1.11. The van der Waals surface area contributed by atoms with Crippen molar-refractivity contribution in [1.82, 2.24) is 10.2 Å². The molecule has 0 saturated carbocycles. The van der Waals surface area contributed by atoms with Crippen LogP contribution in [-0.2, 0) is 9.59 Å². The van der Waals surface area contributed by atoms with Crippen molar-refractivity contribution in [2.75, 3.05) is 13.1 Å². The quantitative estimate of drug-likeness (QED) is 0.844. The van der Waals surface area contributed by atoms with E-state index >= 15 is 0 Å². The average molecular weight is 298 g/mol. The molecule has 1 aliphatic rings. The number of amides is 2. The lowest BCUT2D eigenvalue weighted by molar-refractivity contribution is -0.142. The first-order chi connectivity index (χ1) is 9.88. The lowest BCUT2D eigenvalue weighted by Gasteiger charge is -2.34. The Kier molecular flexibility index (Phi) is 4.15. The number of nitrogens with one attached hydrogen (secondary N) is 1. The number of hydrogen-bond acceptors (Lipinski definition) is 3. The van der Waals surface area contributed by atoms with Crippen molar-refractivity contribution >= 4 is 17.8 Å². The highest BCUT2D eigenvalue weighted by molar-refractivity contribution is 5.99. The Hall–Kier alpha value is -2.51. The molecule has 1 heterocycles. The Balaban J connectivity index is 2.30. The largest absolute Gasteiger partial charge is 0.481 e. The van der Waals surface area contributed by atoms with Gasteiger partial charge in [0.25, 0.3) is 5.91 Å². The molecule has 0 aliphatic carbocycles. The molecule has 0 radical (unpaired) electrons. The number of rotatable bonds is 3. The van der Waals surface area contributed by atoms with E-state index < -0.39 is 41.9 Å². The second-order valence-electron chi connectivity index (χ2n) is 4.56. The maximum Gasteiger partial charge on any atom is 0.305 e. The van der Waals surface area contributed by atoms with Gasteiger partial charge >= 0.3 is 5.97 Å². The number of carbonyl (C=O) groups excluding carboxylic acids is 2. The molecular weight excluding hydrogens is 286 g/mol. The van der Waals surface area contributed by atoms with E-state index in [0.717, 1.165) is 17.0 Å². The number of hydrogen-bond donors (Lipinski definition) is 2. The molecule has 1 unspecified atom stereocenters. The Morgan fingerprint density at radius 2 is 1.90 bits per heavy atom. The van der Waals surface area contributed by atoms with Gasteiger partial charge in [0.15, 0.2) is 0 Å². The average Bonchev–Trinajstić information content (AvgIpc) is 2.38. The van der Waals surface area contributed by atoms with Crippen LogP contribution in [0.15, 0.2) is 18.2 Å². The summed E-state index contributed by atoms with van der Waals surface area (Å²) in [4.78, 5) is 35.8. The SMILES string of the molecule is O=C(O)CC1C(=O)NCCN1C(=O)c1cc(F)cc(F)c1. The van der Waals surface area contributed by atoms with Gasteiger partial charge in [-0.05, 0) is 12.1 Å². The molecule has 1 fully saturated rings. The van der Waals surface area contributed by atoms with Gasteiger partial charge < -0.3 is 15.3 Å². The van der Waals surface area contributed by atoms with Crippen molar-refractivity contribution in [2.45, 2.75) is 12.5 Å². The Morgan fingerprint density at radius 3 is 2.48 bits per heavy atom. The second-order valence-corrected chi connectivity index (χ2v) is 4.56. The van der Waals surface area contributed by atoms with Gasteiger partial charge in [-0.2, -0.15) is 0 Å². The van der Waals surface area contributed by atoms with E-state index in [1.165, 1.54) is 0 Å². The number of carbonyl (C=O) groups is 3. The number of piperazine rings is 1. The van der Waals surface area contributed by atoms with Gasteiger partial charge in [0, 0.05) is 24.7 Å². The molecular formula is C13H12F2N2O4. The molecule has 1 aromatic rings. The van der Waals surface area contributed by atoms with Crippen LogP contribution in [0.5, 0.6) is 0 Å². The van der Waals surface area contributed by atoms with E-state index in [2.05, 4.69) is 5.32 Å². The van der Waals surface area contributed by atoms with Gasteiger partial charge in [-0.1, -0.05) is 0 Å². The molecule has 112 valence electrons. The predicted octanol–water partition coefficient (Wildman–Crippen LogP) is 0.380. The summed E-state index contributed by atoms with van der Waals surface area (Å²) >= 11 is 0. The highest BCUT2D eigenvalue weighted by Gasteiger charge is 2.35. The molecule has 2 N–H and O–H groups in total. The van der Waals surface area contributed by atoms with Gasteiger partial charge in [-0.3, -0.25) is 14.4 Å². The molecule has 0 bridgehead atoms. The zero-order chi connectivity index (χ0) is 15.6. The number of carboxylic acids is 1. The second kappa shape index (κ2) is 5.86. The van der Waals surface area contributed by atoms with Crippen LogP contribution < -0.4 is 5.32 Å². The van der Waals surface area contributed by atoms with Crippen LogP contribution in [0.1, 0.15) is 16.8 Å². The smallest absolute Gasteiger partial charge is 0.305 e. The topological polar surface area (TPSA) is 86.7 Å². The third-order valence-corrected chi connectivity index (χ3v) is 3.07. The molecule has 8 heteroatoms. The molecule has 0 spiro atoms. The van der Waals surface area contributed by atoms with E-state index in [0.29, 0.717) is 6.07 Å². The van der Waals surface area contributed by atoms with Crippen LogP contribution in [0.3, 0.4) is 0 Å². The van der Waals surface area contributed by atoms with Crippen molar-refractivity contribution in [3.8, 4) is 0 Å². The van der Waals surface area contributed by atoms with Crippen molar-refractivity contribution in [3.63, 3.8) is 0 Å². The lowest BCUT2D eigenvalue weighted by atomic mass is 10.1. The normalized spacial score (nSPS) is 18.3. The zero-order valence-electron chi connectivity index (χ0n) is 10.8. The fourth-order valence-electron chi connectivity index (χ4n) is 2.17. The van der Waals surface area contributed by atoms with Gasteiger partial charge in [-0.25, -0.2) is 8.78 Å². The number of carboxylic acid groups (broad SMARTS) is 1. The fourth-order valence-corrected chi connectivity index (χ4v) is 2.17. The third kappa shape index (κ3) is 3.33. The van der Waals surface area contributed by atoms with Gasteiger partial charge in [0.05, 0.1) is 6.42 Å². The maximum atomic E-state index is 13.2. The van der Waals surface area contributed by atoms with E-state index in [4.69, 9.17) is 5.11 Å². The van der Waals surface area contributed by atoms with Crippen molar-refractivity contribution in [1.29, 1.82) is 0 Å². The minimum absolute atomic E-state index is 0.0701. The predicted molar refractivity (Wildman–Crippen MR) is 66.4 cm³/mol. The Bertz CT molecular complexity index is 586. The standard InChI is InChI=1S/C13H12F2N2O4/c14-8-3-7(4-9(15)5-8)13(21)17-2-1-16-12(20)10(17)6-11(18)19/h3-5,10H,1-2,6H2,(H,16,20)(H,18,19). The monoisotopic (exact) mass is 298 g/mol. The lowest BCUT2D eigenvalue weighted by Crippen LogP contribution is -2.57. The molecule has 21 heavy (non-hydrogen) atoms. The molecule has 0 aromatic heterocycles. The summed E-state index contributed by atoms with van der Waals surface area (Å²) in [7, 11) is 0. The van der Waals surface area contributed by atoms with Crippen LogP contribution in [0.4, 0.5) is 8.78 Å². The molecule has 6 nitrogen and oxygen atoms in total. The van der Waals surface area contributed by atoms with Crippen LogP contribution in [-0.4, -0.2) is 46.9 Å². The fraction of sp³-hybridized carbons (Fsp3) is 0.308. The van der Waals surface area contributed by atoms with Crippen LogP contribution in [0, 0.1) is 11.6 Å². The third-order valence-electron chi connectivity index (χ3n) is 3.07. The number of aliphatic carboxylic acids is 1. The van der Waals surface area contributed by atoms with Gasteiger partial charge in [0.2, 0.25) is 5.91 Å². The Labute approximate surface area is 118 Å². The van der Waals surface area contributed by atoms with E-state index in [1.807, 2.05) is 0 Å². The van der Waals surface area contributed by atoms with Crippen molar-refractivity contribution in [3.05, 3.63) is 35.4 Å². The van der Waals surface area contributed by atoms with Crippen LogP contribution in [0.2, 0.25) is 0 Å². The molecule has 1 atom stereocenters. The van der Waals surface area contributed by atoms with E-state index in [-0.39, 0.29) is 18.7 Å². The van der Waals surface area contributed by atoms with E-state index in [1.54, 1.807) is 0 Å². The first-order valence-electron chi connectivity index (χ1n) is 6.15. The number of nitrogens with zero attached hydrogens (tertiary/aromatic N) is 1. The summed E-state index contributed by atoms with van der Waals surface area (Å²) < 4.78 is 26.3. The van der Waals surface area contributed by atoms with Crippen molar-refractivity contribution < 1.29 is 28.3 Å². The minimum Gasteiger partial charge on any atom is -0.481 e. The first kappa shape index (κ1) is 14.9. The van der Waals surface area contributed by atoms with Crippen LogP contribution in [0.25, 0.3) is 0 Å². The summed E-state index contributed by atoms with van der Waals surface area (Å²) in [5, 5.41) is 11.3. The van der Waals surface area contributed by atoms with Gasteiger partial charge in [-0.15, -0.1) is 0 Å². The van der Waals surface area contributed by atoms with E-state index in [9.17, 15) is 23.2 Å². The first-order valence-corrected chi connectivity index (χ1v) is 6.15. The Morgan fingerprint density at radius 1 is 1.29 bits per heavy atom. The molecule has 2 rings (SSSR count). The summed E-state index contributed by atoms with van der Waals surface area (Å²) in [6.45, 7) is 0.221. The maximum absolute atomic E-state index is 13.2. The van der Waals surface area contributed by atoms with Crippen molar-refractivity contribution in [2.24, 2.45) is 0 Å². The molecule has 1 aliphatic heterocycles. The highest BCUT2D eigenvalue weighted by atomic mass is 19.1. The summed E-state index contributed by atoms with van der Waals surface area (Å²) in [5.41, 5.74) is -0.266. The number of halogens is 2. The number of benzene rings is 1.